The molecular weight excluding hydrogens is 494 g/mol. The highest BCUT2D eigenvalue weighted by Crippen LogP contribution is 2.45. The first-order chi connectivity index (χ1) is 19.0. The Morgan fingerprint density at radius 1 is 1.13 bits per heavy atom. The minimum atomic E-state index is -1.07. The molecular formula is C31H29N3O5. The summed E-state index contributed by atoms with van der Waals surface area (Å²) in [7, 11) is 0. The molecule has 0 atom stereocenters. The third-order valence-electron chi connectivity index (χ3n) is 7.79. The number of nitrogens with zero attached hydrogens (tertiary/aromatic N) is 3. The summed E-state index contributed by atoms with van der Waals surface area (Å²) in [5.41, 5.74) is 5.99. The maximum Gasteiger partial charge on any atom is 0.354 e. The lowest BCUT2D eigenvalue weighted by molar-refractivity contribution is -0.0791. The number of hydrogen-bond donors (Lipinski definition) is 1. The summed E-state index contributed by atoms with van der Waals surface area (Å²) in [6, 6.07) is 15.7. The molecule has 1 aliphatic carbocycles. The minimum absolute atomic E-state index is 0.0241. The van der Waals surface area contributed by atoms with Gasteiger partial charge in [-0.1, -0.05) is 41.6 Å². The molecule has 2 saturated heterocycles. The second kappa shape index (κ2) is 9.54. The average Bonchev–Trinajstić information content (AvgIpc) is 3.65. The van der Waals surface area contributed by atoms with Crippen molar-refractivity contribution in [3.8, 4) is 17.0 Å². The first-order valence-corrected chi connectivity index (χ1v) is 13.4. The van der Waals surface area contributed by atoms with Crippen LogP contribution in [0.5, 0.6) is 5.75 Å². The van der Waals surface area contributed by atoms with Crippen molar-refractivity contribution in [2.75, 3.05) is 31.2 Å². The highest BCUT2D eigenvalue weighted by atomic mass is 16.6. The van der Waals surface area contributed by atoms with E-state index in [0.29, 0.717) is 36.3 Å². The van der Waals surface area contributed by atoms with E-state index in [2.05, 4.69) is 46.2 Å². The van der Waals surface area contributed by atoms with Crippen LogP contribution in [0.2, 0.25) is 0 Å². The van der Waals surface area contributed by atoms with Gasteiger partial charge >= 0.3 is 5.97 Å². The lowest BCUT2D eigenvalue weighted by Crippen LogP contribution is -2.45. The number of ether oxygens (including phenoxy) is 2. The molecule has 198 valence electrons. The maximum absolute atomic E-state index is 11.6. The van der Waals surface area contributed by atoms with Crippen LogP contribution in [0.25, 0.3) is 28.2 Å². The molecule has 1 N–H and O–H groups in total. The number of aromatic carboxylic acids is 1. The number of pyridine rings is 1. The number of carboxylic acid groups (broad SMARTS) is 1. The zero-order valence-electron chi connectivity index (χ0n) is 21.7. The van der Waals surface area contributed by atoms with E-state index in [1.807, 2.05) is 30.3 Å². The average molecular weight is 524 g/mol. The van der Waals surface area contributed by atoms with Crippen LogP contribution in [0.15, 0.2) is 59.1 Å². The van der Waals surface area contributed by atoms with Crippen LogP contribution in [0.3, 0.4) is 0 Å². The van der Waals surface area contributed by atoms with Crippen molar-refractivity contribution in [3.05, 3.63) is 77.2 Å². The number of hydrogen-bond acceptors (Lipinski definition) is 7. The molecule has 0 spiro atoms. The molecule has 0 radical (unpaired) electrons. The van der Waals surface area contributed by atoms with Gasteiger partial charge in [0.05, 0.1) is 18.7 Å². The first-order valence-electron chi connectivity index (χ1n) is 13.4. The normalized spacial score (nSPS) is 17.9. The van der Waals surface area contributed by atoms with E-state index in [9.17, 15) is 9.90 Å². The maximum atomic E-state index is 11.6. The number of rotatable bonds is 8. The van der Waals surface area contributed by atoms with Crippen molar-refractivity contribution < 1.29 is 23.9 Å². The first kappa shape index (κ1) is 23.9. The number of carboxylic acids is 1. The van der Waals surface area contributed by atoms with Crippen LogP contribution < -0.4 is 9.64 Å². The molecule has 8 heteroatoms. The van der Waals surface area contributed by atoms with Gasteiger partial charge in [-0.2, -0.15) is 0 Å². The van der Waals surface area contributed by atoms with Crippen molar-refractivity contribution in [1.82, 2.24) is 10.1 Å². The number of carbonyl (C=O) groups is 1. The Bertz CT molecular complexity index is 1600. The van der Waals surface area contributed by atoms with Gasteiger partial charge < -0.3 is 24.0 Å². The van der Waals surface area contributed by atoms with E-state index < -0.39 is 5.97 Å². The van der Waals surface area contributed by atoms with Gasteiger partial charge in [-0.3, -0.25) is 0 Å². The summed E-state index contributed by atoms with van der Waals surface area (Å²) in [4.78, 5) is 18.2. The molecule has 2 aromatic carbocycles. The van der Waals surface area contributed by atoms with Crippen molar-refractivity contribution in [2.45, 2.75) is 31.8 Å². The van der Waals surface area contributed by atoms with Gasteiger partial charge in [0.2, 0.25) is 0 Å². The van der Waals surface area contributed by atoms with Crippen LogP contribution in [0.1, 0.15) is 46.1 Å². The molecule has 1 saturated carbocycles. The zero-order chi connectivity index (χ0) is 26.5. The molecule has 0 amide bonds. The Morgan fingerprint density at radius 2 is 1.95 bits per heavy atom. The van der Waals surface area contributed by atoms with Gasteiger partial charge in [-0.25, -0.2) is 9.78 Å². The Balaban J connectivity index is 1.11. The fourth-order valence-electron chi connectivity index (χ4n) is 5.27. The standard InChI is InChI=1S/C31H29N3O5/c1-18-4-2-3-5-23(18)29-24(30(39-33-29)20-7-8-20)10-6-19-14-34(15-19)21-9-11-26-25(12-21)28(38-22-16-37-17-22)13-27(32-26)31(35)36/h2-6,9-13,19-20,22H,7-8,14-17H2,1H3,(H,35,36)/b10-6+. The second-order valence-electron chi connectivity index (χ2n) is 10.7. The molecule has 3 fully saturated rings. The monoisotopic (exact) mass is 523 g/mol. The molecule has 2 aliphatic heterocycles. The molecule has 2 aromatic heterocycles. The summed E-state index contributed by atoms with van der Waals surface area (Å²) in [5, 5.41) is 14.8. The van der Waals surface area contributed by atoms with E-state index in [4.69, 9.17) is 14.0 Å². The van der Waals surface area contributed by atoms with Crippen LogP contribution >= 0.6 is 0 Å². The number of anilines is 1. The second-order valence-corrected chi connectivity index (χ2v) is 10.7. The fraction of sp³-hybridized carbons (Fsp3) is 0.323. The molecule has 4 heterocycles. The van der Waals surface area contributed by atoms with Gasteiger partial charge in [-0.05, 0) is 43.5 Å². The Morgan fingerprint density at radius 3 is 2.67 bits per heavy atom. The molecule has 4 aromatic rings. The van der Waals surface area contributed by atoms with E-state index >= 15 is 0 Å². The van der Waals surface area contributed by atoms with Crippen LogP contribution in [-0.2, 0) is 4.74 Å². The molecule has 7 rings (SSSR count). The van der Waals surface area contributed by atoms with Gasteiger partial charge in [-0.15, -0.1) is 0 Å². The van der Waals surface area contributed by atoms with Crippen LogP contribution in [0, 0.1) is 12.8 Å². The van der Waals surface area contributed by atoms with Gasteiger partial charge in [0.1, 0.15) is 23.3 Å². The third-order valence-corrected chi connectivity index (χ3v) is 7.79. The van der Waals surface area contributed by atoms with E-state index in [-0.39, 0.29) is 11.8 Å². The van der Waals surface area contributed by atoms with Crippen LogP contribution in [-0.4, -0.2) is 53.6 Å². The highest BCUT2D eigenvalue weighted by Gasteiger charge is 2.33. The Hall–Kier alpha value is -4.17. The third kappa shape index (κ3) is 4.55. The summed E-state index contributed by atoms with van der Waals surface area (Å²) >= 11 is 0. The summed E-state index contributed by atoms with van der Waals surface area (Å²) in [6.07, 6.45) is 6.74. The lowest BCUT2D eigenvalue weighted by atomic mass is 9.95. The summed E-state index contributed by atoms with van der Waals surface area (Å²) in [5.74, 6) is 1.35. The Kier molecular flexibility index (Phi) is 5.85. The molecule has 8 nitrogen and oxygen atoms in total. The minimum Gasteiger partial charge on any atom is -0.485 e. The van der Waals surface area contributed by atoms with Crippen molar-refractivity contribution >= 4 is 28.6 Å². The van der Waals surface area contributed by atoms with Crippen molar-refractivity contribution in [3.63, 3.8) is 0 Å². The SMILES string of the molecule is Cc1ccccc1-c1noc(C2CC2)c1/C=C/C1CN(c2ccc3nc(C(=O)O)cc(OC4COC4)c3c2)C1. The number of benzene rings is 2. The summed E-state index contributed by atoms with van der Waals surface area (Å²) in [6.45, 7) is 4.90. The Labute approximate surface area is 225 Å². The molecule has 3 aliphatic rings. The summed E-state index contributed by atoms with van der Waals surface area (Å²) < 4.78 is 17.1. The van der Waals surface area contributed by atoms with E-state index in [1.54, 1.807) is 0 Å². The number of aromatic nitrogens is 2. The fourth-order valence-corrected chi connectivity index (χ4v) is 5.27. The van der Waals surface area contributed by atoms with Gasteiger partial charge in [0.25, 0.3) is 0 Å². The predicted octanol–water partition coefficient (Wildman–Crippen LogP) is 5.70. The lowest BCUT2D eigenvalue weighted by Gasteiger charge is -2.40. The molecule has 0 unspecified atom stereocenters. The van der Waals surface area contributed by atoms with Crippen LogP contribution in [0.4, 0.5) is 5.69 Å². The number of fused-ring (bicyclic) bond motifs is 1. The van der Waals surface area contributed by atoms with Gasteiger partial charge in [0, 0.05) is 53.2 Å². The van der Waals surface area contributed by atoms with E-state index in [0.717, 1.165) is 59.6 Å². The smallest absolute Gasteiger partial charge is 0.354 e. The quantitative estimate of drug-likeness (QED) is 0.314. The largest absolute Gasteiger partial charge is 0.485 e. The predicted molar refractivity (Wildman–Crippen MR) is 147 cm³/mol. The van der Waals surface area contributed by atoms with E-state index in [1.165, 1.54) is 11.6 Å². The van der Waals surface area contributed by atoms with Gasteiger partial charge in [0.15, 0.2) is 5.69 Å². The zero-order valence-corrected chi connectivity index (χ0v) is 21.7. The van der Waals surface area contributed by atoms with Crippen molar-refractivity contribution in [1.29, 1.82) is 0 Å². The molecule has 0 bridgehead atoms. The topological polar surface area (TPSA) is 97.9 Å². The molecule has 39 heavy (non-hydrogen) atoms. The number of aryl methyl sites for hydroxylation is 1. The van der Waals surface area contributed by atoms with Crippen molar-refractivity contribution in [2.24, 2.45) is 5.92 Å². The highest BCUT2D eigenvalue weighted by molar-refractivity contribution is 5.94.